The van der Waals surface area contributed by atoms with Crippen molar-refractivity contribution in [3.05, 3.63) is 48.3 Å². The number of carboxylic acid groups (broad SMARTS) is 1. The Labute approximate surface area is 182 Å². The van der Waals surface area contributed by atoms with Gasteiger partial charge in [0, 0.05) is 39.3 Å². The van der Waals surface area contributed by atoms with Gasteiger partial charge in [0.2, 0.25) is 5.91 Å². The van der Waals surface area contributed by atoms with E-state index in [4.69, 9.17) is 5.73 Å². The summed E-state index contributed by atoms with van der Waals surface area (Å²) in [6.45, 7) is 7.31. The van der Waals surface area contributed by atoms with E-state index in [9.17, 15) is 19.5 Å². The fraction of sp³-hybridized carbons (Fsp3) is 0.500. The molecule has 0 saturated carbocycles. The summed E-state index contributed by atoms with van der Waals surface area (Å²) in [6.07, 6.45) is 1.89. The number of likely N-dealkylation sites (tertiary alicyclic amines) is 1. The standard InChI is InChI=1S/C22H31N5O4/c1-16(23)24-10-5-8-18-19(21(29)30)27(20(18)28)22(31)26-14-12-25(13-15-26)11-9-17-6-3-2-4-7-17/h2-4,6-7,18-19,24H,1,5,8-15,23H2,(H,29,30). The van der Waals surface area contributed by atoms with E-state index in [0.717, 1.165) is 17.9 Å². The van der Waals surface area contributed by atoms with Gasteiger partial charge in [-0.2, -0.15) is 0 Å². The highest BCUT2D eigenvalue weighted by atomic mass is 16.4. The van der Waals surface area contributed by atoms with Crippen molar-refractivity contribution in [2.45, 2.75) is 25.3 Å². The largest absolute Gasteiger partial charge is 0.480 e. The highest BCUT2D eigenvalue weighted by Gasteiger charge is 2.55. The lowest BCUT2D eigenvalue weighted by Gasteiger charge is -2.46. The molecule has 0 spiro atoms. The molecule has 3 amide bonds. The number of hydrogen-bond acceptors (Lipinski definition) is 6. The molecule has 2 aliphatic rings. The SMILES string of the molecule is C=C(N)NCCCC1C(=O)N(C(=O)N2CCN(CCc3ccccc3)CC2)C1C(=O)O. The summed E-state index contributed by atoms with van der Waals surface area (Å²) in [5.41, 5.74) is 6.70. The number of hydrogen-bond donors (Lipinski definition) is 3. The van der Waals surface area contributed by atoms with Crippen LogP contribution < -0.4 is 11.1 Å². The number of piperazine rings is 1. The molecular formula is C22H31N5O4. The molecule has 0 radical (unpaired) electrons. The minimum absolute atomic E-state index is 0.328. The lowest BCUT2D eigenvalue weighted by molar-refractivity contribution is -0.167. The van der Waals surface area contributed by atoms with Crippen LogP contribution >= 0.6 is 0 Å². The van der Waals surface area contributed by atoms with Gasteiger partial charge in [0.15, 0.2) is 6.04 Å². The molecule has 0 aromatic heterocycles. The van der Waals surface area contributed by atoms with Gasteiger partial charge in [-0.3, -0.25) is 9.69 Å². The Balaban J connectivity index is 1.47. The predicted molar refractivity (Wildman–Crippen MR) is 116 cm³/mol. The quantitative estimate of drug-likeness (QED) is 0.390. The van der Waals surface area contributed by atoms with E-state index in [1.165, 1.54) is 5.56 Å². The van der Waals surface area contributed by atoms with Crippen molar-refractivity contribution < 1.29 is 19.5 Å². The second kappa shape index (κ2) is 10.3. The maximum absolute atomic E-state index is 12.9. The van der Waals surface area contributed by atoms with Crippen LogP contribution in [0.15, 0.2) is 42.7 Å². The van der Waals surface area contributed by atoms with Gasteiger partial charge in [0.1, 0.15) is 0 Å². The molecule has 31 heavy (non-hydrogen) atoms. The molecule has 2 fully saturated rings. The molecule has 0 bridgehead atoms. The number of urea groups is 1. The molecule has 9 nitrogen and oxygen atoms in total. The predicted octanol–water partition coefficient (Wildman–Crippen LogP) is 0.678. The van der Waals surface area contributed by atoms with E-state index in [-0.39, 0.29) is 0 Å². The van der Waals surface area contributed by atoms with Crippen molar-refractivity contribution in [3.63, 3.8) is 0 Å². The van der Waals surface area contributed by atoms with Gasteiger partial charge in [0.25, 0.3) is 0 Å². The first-order valence-electron chi connectivity index (χ1n) is 10.7. The van der Waals surface area contributed by atoms with E-state index >= 15 is 0 Å². The summed E-state index contributed by atoms with van der Waals surface area (Å²) >= 11 is 0. The van der Waals surface area contributed by atoms with Crippen LogP contribution in [0.3, 0.4) is 0 Å². The average molecular weight is 430 g/mol. The van der Waals surface area contributed by atoms with E-state index in [2.05, 4.69) is 28.9 Å². The molecule has 3 rings (SSSR count). The molecule has 168 valence electrons. The van der Waals surface area contributed by atoms with Crippen LogP contribution in [-0.4, -0.2) is 83.0 Å². The maximum atomic E-state index is 12.9. The van der Waals surface area contributed by atoms with Crippen LogP contribution in [0.1, 0.15) is 18.4 Å². The first-order valence-corrected chi connectivity index (χ1v) is 10.7. The summed E-state index contributed by atoms with van der Waals surface area (Å²) in [5.74, 6) is -1.90. The monoisotopic (exact) mass is 429 g/mol. The van der Waals surface area contributed by atoms with E-state index in [1.54, 1.807) is 4.90 Å². The second-order valence-electron chi connectivity index (χ2n) is 8.04. The van der Waals surface area contributed by atoms with Gasteiger partial charge in [-0.1, -0.05) is 36.9 Å². The molecule has 2 heterocycles. The highest BCUT2D eigenvalue weighted by molar-refractivity contribution is 6.07. The van der Waals surface area contributed by atoms with Gasteiger partial charge >= 0.3 is 12.0 Å². The van der Waals surface area contributed by atoms with Crippen LogP contribution in [0.5, 0.6) is 0 Å². The first-order chi connectivity index (χ1) is 14.9. The fourth-order valence-corrected chi connectivity index (χ4v) is 4.14. The third kappa shape index (κ3) is 5.55. The molecule has 9 heteroatoms. The second-order valence-corrected chi connectivity index (χ2v) is 8.04. The third-order valence-electron chi connectivity index (χ3n) is 5.92. The number of nitrogens with one attached hydrogen (secondary N) is 1. The molecule has 1 aromatic rings. The molecule has 0 aliphatic carbocycles. The zero-order valence-electron chi connectivity index (χ0n) is 17.7. The van der Waals surface area contributed by atoms with E-state index in [0.29, 0.717) is 51.4 Å². The van der Waals surface area contributed by atoms with Crippen molar-refractivity contribution in [3.8, 4) is 0 Å². The normalized spacial score (nSPS) is 21.5. The Hall–Kier alpha value is -3.07. The Morgan fingerprint density at radius 2 is 1.84 bits per heavy atom. The zero-order valence-corrected chi connectivity index (χ0v) is 17.7. The first kappa shape index (κ1) is 22.6. The van der Waals surface area contributed by atoms with Gasteiger partial charge in [-0.05, 0) is 24.8 Å². The number of amides is 3. The summed E-state index contributed by atoms with van der Waals surface area (Å²) < 4.78 is 0. The van der Waals surface area contributed by atoms with Crippen LogP contribution in [0.25, 0.3) is 0 Å². The molecule has 2 atom stereocenters. The number of imide groups is 1. The van der Waals surface area contributed by atoms with E-state index in [1.807, 2.05) is 18.2 Å². The van der Waals surface area contributed by atoms with Gasteiger partial charge in [-0.25, -0.2) is 14.5 Å². The molecule has 2 aliphatic heterocycles. The van der Waals surface area contributed by atoms with Crippen molar-refractivity contribution in [1.82, 2.24) is 20.0 Å². The van der Waals surface area contributed by atoms with Crippen molar-refractivity contribution in [2.24, 2.45) is 11.7 Å². The molecular weight excluding hydrogens is 398 g/mol. The third-order valence-corrected chi connectivity index (χ3v) is 5.92. The van der Waals surface area contributed by atoms with Crippen LogP contribution in [0.4, 0.5) is 4.79 Å². The zero-order chi connectivity index (χ0) is 22.4. The molecule has 4 N–H and O–H groups in total. The lowest BCUT2D eigenvalue weighted by atomic mass is 9.83. The minimum atomic E-state index is -1.14. The Morgan fingerprint density at radius 1 is 1.16 bits per heavy atom. The Bertz CT molecular complexity index is 807. The molecule has 2 saturated heterocycles. The van der Waals surface area contributed by atoms with Crippen molar-refractivity contribution >= 4 is 17.9 Å². The van der Waals surface area contributed by atoms with Gasteiger partial charge in [-0.15, -0.1) is 0 Å². The van der Waals surface area contributed by atoms with Gasteiger partial charge < -0.3 is 21.1 Å². The number of benzene rings is 1. The number of β-lactam (4-membered cyclic amide) rings is 1. The number of aliphatic carboxylic acids is 1. The maximum Gasteiger partial charge on any atom is 0.327 e. The van der Waals surface area contributed by atoms with Crippen LogP contribution in [-0.2, 0) is 16.0 Å². The summed E-state index contributed by atoms with van der Waals surface area (Å²) in [7, 11) is 0. The number of carbonyl (C=O) groups is 3. The van der Waals surface area contributed by atoms with E-state index < -0.39 is 29.9 Å². The smallest absolute Gasteiger partial charge is 0.327 e. The lowest BCUT2D eigenvalue weighted by Crippen LogP contribution is -2.69. The van der Waals surface area contributed by atoms with Crippen LogP contribution in [0, 0.1) is 5.92 Å². The molecule has 1 aromatic carbocycles. The number of nitrogens with zero attached hydrogens (tertiary/aromatic N) is 3. The topological polar surface area (TPSA) is 119 Å². The number of nitrogens with two attached hydrogens (primary N) is 1. The Kier molecular flexibility index (Phi) is 7.51. The number of carboxylic acids is 1. The fourth-order valence-electron chi connectivity index (χ4n) is 4.14. The van der Waals surface area contributed by atoms with Gasteiger partial charge in [0.05, 0.1) is 11.7 Å². The Morgan fingerprint density at radius 3 is 2.45 bits per heavy atom. The summed E-state index contributed by atoms with van der Waals surface area (Å²) in [6, 6.07) is 8.64. The number of rotatable bonds is 9. The summed E-state index contributed by atoms with van der Waals surface area (Å²) in [5, 5.41) is 12.4. The minimum Gasteiger partial charge on any atom is -0.480 e. The summed E-state index contributed by atoms with van der Waals surface area (Å²) in [4.78, 5) is 41.9. The van der Waals surface area contributed by atoms with Crippen molar-refractivity contribution in [2.75, 3.05) is 39.3 Å². The molecule has 2 unspecified atom stereocenters. The van der Waals surface area contributed by atoms with Crippen LogP contribution in [0.2, 0.25) is 0 Å². The highest BCUT2D eigenvalue weighted by Crippen LogP contribution is 2.32. The van der Waals surface area contributed by atoms with Crippen molar-refractivity contribution in [1.29, 1.82) is 0 Å². The average Bonchev–Trinajstić information content (AvgIpc) is 2.76. The number of carbonyl (C=O) groups excluding carboxylic acids is 2.